The van der Waals surface area contributed by atoms with Crippen LogP contribution in [0.15, 0.2) is 29.3 Å². The van der Waals surface area contributed by atoms with Gasteiger partial charge in [-0.05, 0) is 18.1 Å². The minimum Gasteiger partial charge on any atom is -0.370 e. The third kappa shape index (κ3) is 1.79. The molecular weight excluding hydrogens is 210 g/mol. The maximum absolute atomic E-state index is 4.60. The first-order chi connectivity index (χ1) is 8.40. The van der Waals surface area contributed by atoms with Gasteiger partial charge in [-0.25, -0.2) is 0 Å². The molecule has 0 fully saturated rings. The fraction of sp³-hybridized carbons (Fsp3) is 0.500. The fourth-order valence-corrected chi connectivity index (χ4v) is 2.85. The Morgan fingerprint density at radius 1 is 1.41 bits per heavy atom. The van der Waals surface area contributed by atoms with Crippen molar-refractivity contribution in [1.29, 1.82) is 0 Å². The molecule has 17 heavy (non-hydrogen) atoms. The largest absolute Gasteiger partial charge is 0.370 e. The Balaban J connectivity index is 1.92. The van der Waals surface area contributed by atoms with Gasteiger partial charge in [-0.2, -0.15) is 0 Å². The molecule has 2 aliphatic rings. The van der Waals surface area contributed by atoms with E-state index in [1.54, 1.807) is 0 Å². The quantitative estimate of drug-likeness (QED) is 0.856. The lowest BCUT2D eigenvalue weighted by Crippen LogP contribution is -2.44. The summed E-state index contributed by atoms with van der Waals surface area (Å²) in [5.74, 6) is 1.19. The molecule has 1 aromatic carbocycles. The van der Waals surface area contributed by atoms with Crippen LogP contribution in [-0.2, 0) is 6.42 Å². The van der Waals surface area contributed by atoms with E-state index < -0.39 is 0 Å². The van der Waals surface area contributed by atoms with Gasteiger partial charge in [-0.15, -0.1) is 0 Å². The van der Waals surface area contributed by atoms with E-state index >= 15 is 0 Å². The number of nitrogens with one attached hydrogen (secondary N) is 1. The molecule has 0 aliphatic carbocycles. The molecule has 3 rings (SSSR count). The van der Waals surface area contributed by atoms with E-state index in [-0.39, 0.29) is 0 Å². The Morgan fingerprint density at radius 3 is 3.06 bits per heavy atom. The Bertz CT molecular complexity index is 439. The zero-order valence-corrected chi connectivity index (χ0v) is 10.3. The van der Waals surface area contributed by atoms with Crippen LogP contribution in [-0.4, -0.2) is 31.5 Å². The SMILES string of the molecule is CCCN1c2ccccc2CC1C1=NCCN1. The molecule has 2 heterocycles. The second-order valence-corrected chi connectivity index (χ2v) is 4.74. The highest BCUT2D eigenvalue weighted by molar-refractivity contribution is 5.93. The highest BCUT2D eigenvalue weighted by atomic mass is 15.2. The Morgan fingerprint density at radius 2 is 2.29 bits per heavy atom. The zero-order valence-electron chi connectivity index (χ0n) is 10.3. The van der Waals surface area contributed by atoms with Crippen molar-refractivity contribution in [2.45, 2.75) is 25.8 Å². The summed E-state index contributed by atoms with van der Waals surface area (Å²) in [6.45, 7) is 5.29. The van der Waals surface area contributed by atoms with Gasteiger partial charge in [0.05, 0.1) is 12.6 Å². The topological polar surface area (TPSA) is 27.6 Å². The summed E-state index contributed by atoms with van der Waals surface area (Å²) in [6, 6.07) is 9.19. The summed E-state index contributed by atoms with van der Waals surface area (Å²) in [7, 11) is 0. The van der Waals surface area contributed by atoms with Gasteiger partial charge < -0.3 is 10.2 Å². The number of fused-ring (bicyclic) bond motifs is 1. The highest BCUT2D eigenvalue weighted by Gasteiger charge is 2.32. The standard InChI is InChI=1S/C14H19N3/c1-2-9-17-12-6-4-3-5-11(12)10-13(17)14-15-7-8-16-14/h3-6,13H,2,7-10H2,1H3,(H,15,16). The predicted molar refractivity (Wildman–Crippen MR) is 71.9 cm³/mol. The number of hydrogen-bond acceptors (Lipinski definition) is 3. The van der Waals surface area contributed by atoms with Crippen LogP contribution >= 0.6 is 0 Å². The van der Waals surface area contributed by atoms with Gasteiger partial charge in [0.15, 0.2) is 0 Å². The predicted octanol–water partition coefficient (Wildman–Crippen LogP) is 1.83. The maximum Gasteiger partial charge on any atom is 0.120 e. The van der Waals surface area contributed by atoms with Crippen molar-refractivity contribution in [3.8, 4) is 0 Å². The molecule has 0 saturated heterocycles. The normalized spacial score (nSPS) is 22.3. The number of para-hydroxylation sites is 1. The van der Waals surface area contributed by atoms with Crippen LogP contribution in [0.1, 0.15) is 18.9 Å². The van der Waals surface area contributed by atoms with E-state index in [1.165, 1.54) is 23.5 Å². The second-order valence-electron chi connectivity index (χ2n) is 4.74. The van der Waals surface area contributed by atoms with Crippen LogP contribution in [0, 0.1) is 0 Å². The van der Waals surface area contributed by atoms with Crippen molar-refractivity contribution >= 4 is 11.5 Å². The van der Waals surface area contributed by atoms with Gasteiger partial charge in [-0.1, -0.05) is 25.1 Å². The average Bonchev–Trinajstić information content (AvgIpc) is 2.97. The van der Waals surface area contributed by atoms with E-state index in [1.807, 2.05) is 0 Å². The molecule has 3 nitrogen and oxygen atoms in total. The van der Waals surface area contributed by atoms with Crippen molar-refractivity contribution in [3.63, 3.8) is 0 Å². The molecule has 0 radical (unpaired) electrons. The van der Waals surface area contributed by atoms with Crippen molar-refractivity contribution in [1.82, 2.24) is 5.32 Å². The molecule has 0 spiro atoms. The minimum atomic E-state index is 0.440. The Hall–Kier alpha value is -1.51. The molecule has 0 bridgehead atoms. The number of hydrogen-bond donors (Lipinski definition) is 1. The molecule has 1 unspecified atom stereocenters. The maximum atomic E-state index is 4.60. The van der Waals surface area contributed by atoms with Crippen LogP contribution in [0.4, 0.5) is 5.69 Å². The highest BCUT2D eigenvalue weighted by Crippen LogP contribution is 2.32. The summed E-state index contributed by atoms with van der Waals surface area (Å²) in [6.07, 6.45) is 2.28. The van der Waals surface area contributed by atoms with E-state index in [9.17, 15) is 0 Å². The third-order valence-electron chi connectivity index (χ3n) is 3.57. The van der Waals surface area contributed by atoms with Gasteiger partial charge in [0.1, 0.15) is 5.84 Å². The van der Waals surface area contributed by atoms with Crippen molar-refractivity contribution in [2.24, 2.45) is 4.99 Å². The van der Waals surface area contributed by atoms with Crippen LogP contribution in [0.25, 0.3) is 0 Å². The van der Waals surface area contributed by atoms with Gasteiger partial charge in [-0.3, -0.25) is 4.99 Å². The van der Waals surface area contributed by atoms with E-state index in [0.717, 1.165) is 26.1 Å². The molecule has 0 aromatic heterocycles. The number of anilines is 1. The van der Waals surface area contributed by atoms with Gasteiger partial charge in [0.25, 0.3) is 0 Å². The van der Waals surface area contributed by atoms with E-state index in [2.05, 4.69) is 46.4 Å². The first-order valence-corrected chi connectivity index (χ1v) is 6.53. The number of benzene rings is 1. The number of aliphatic imine (C=N–C) groups is 1. The first-order valence-electron chi connectivity index (χ1n) is 6.53. The summed E-state index contributed by atoms with van der Waals surface area (Å²) >= 11 is 0. The smallest absolute Gasteiger partial charge is 0.120 e. The molecule has 90 valence electrons. The lowest BCUT2D eigenvalue weighted by atomic mass is 10.1. The van der Waals surface area contributed by atoms with E-state index in [0.29, 0.717) is 6.04 Å². The summed E-state index contributed by atoms with van der Waals surface area (Å²) in [5, 5.41) is 3.43. The molecule has 1 atom stereocenters. The Labute approximate surface area is 103 Å². The summed E-state index contributed by atoms with van der Waals surface area (Å²) in [4.78, 5) is 7.10. The molecule has 0 amide bonds. The number of amidine groups is 1. The molecule has 2 aliphatic heterocycles. The van der Waals surface area contributed by atoms with Crippen LogP contribution in [0.3, 0.4) is 0 Å². The number of nitrogens with zero attached hydrogens (tertiary/aromatic N) is 2. The van der Waals surface area contributed by atoms with Gasteiger partial charge in [0.2, 0.25) is 0 Å². The van der Waals surface area contributed by atoms with Crippen molar-refractivity contribution < 1.29 is 0 Å². The molecule has 1 aromatic rings. The van der Waals surface area contributed by atoms with Gasteiger partial charge in [0, 0.05) is 25.2 Å². The van der Waals surface area contributed by atoms with Crippen LogP contribution < -0.4 is 10.2 Å². The zero-order chi connectivity index (χ0) is 11.7. The third-order valence-corrected chi connectivity index (χ3v) is 3.57. The summed E-state index contributed by atoms with van der Waals surface area (Å²) in [5.41, 5.74) is 2.86. The van der Waals surface area contributed by atoms with Crippen LogP contribution in [0.5, 0.6) is 0 Å². The summed E-state index contributed by atoms with van der Waals surface area (Å²) < 4.78 is 0. The lowest BCUT2D eigenvalue weighted by Gasteiger charge is -2.27. The Kier molecular flexibility index (Phi) is 2.75. The average molecular weight is 229 g/mol. The van der Waals surface area contributed by atoms with Gasteiger partial charge >= 0.3 is 0 Å². The van der Waals surface area contributed by atoms with Crippen molar-refractivity contribution in [3.05, 3.63) is 29.8 Å². The first kappa shape index (κ1) is 10.6. The molecule has 0 saturated carbocycles. The minimum absolute atomic E-state index is 0.440. The number of rotatable bonds is 3. The molecular formula is C14H19N3. The van der Waals surface area contributed by atoms with E-state index in [4.69, 9.17) is 0 Å². The fourth-order valence-electron chi connectivity index (χ4n) is 2.85. The van der Waals surface area contributed by atoms with Crippen LogP contribution in [0.2, 0.25) is 0 Å². The second kappa shape index (κ2) is 4.40. The lowest BCUT2D eigenvalue weighted by molar-refractivity contribution is 0.722. The monoisotopic (exact) mass is 229 g/mol. The van der Waals surface area contributed by atoms with Crippen molar-refractivity contribution in [2.75, 3.05) is 24.5 Å². The molecule has 3 heteroatoms. The molecule has 1 N–H and O–H groups in total.